The number of para-hydroxylation sites is 2. The number of carbonyl (C=O) groups excluding carboxylic acids is 1. The number of rotatable bonds is 3. The van der Waals surface area contributed by atoms with E-state index in [4.69, 9.17) is 4.52 Å². The Morgan fingerprint density at radius 2 is 2.04 bits per heavy atom. The first-order valence-corrected chi connectivity index (χ1v) is 9.03. The third-order valence-corrected chi connectivity index (χ3v) is 5.22. The molecule has 1 N–H and O–H groups in total. The van der Waals surface area contributed by atoms with Gasteiger partial charge in [-0.25, -0.2) is 4.79 Å². The fourth-order valence-corrected chi connectivity index (χ4v) is 3.86. The van der Waals surface area contributed by atoms with Crippen molar-refractivity contribution in [1.29, 1.82) is 0 Å². The maximum atomic E-state index is 12.9. The van der Waals surface area contributed by atoms with Gasteiger partial charge >= 0.3 is 5.69 Å². The van der Waals surface area contributed by atoms with Crippen molar-refractivity contribution in [1.82, 2.24) is 19.6 Å². The summed E-state index contributed by atoms with van der Waals surface area (Å²) in [6, 6.07) is 7.81. The Bertz CT molecular complexity index is 1010. The smallest absolute Gasteiger partial charge is 0.326 e. The molecule has 0 spiro atoms. The van der Waals surface area contributed by atoms with Crippen LogP contribution in [0.1, 0.15) is 47.6 Å². The monoisotopic (exact) mass is 354 g/mol. The Morgan fingerprint density at radius 3 is 2.77 bits per heavy atom. The molecule has 1 aliphatic heterocycles. The molecule has 1 aliphatic rings. The average molecular weight is 354 g/mol. The van der Waals surface area contributed by atoms with Gasteiger partial charge in [0.25, 0.3) is 5.91 Å². The summed E-state index contributed by atoms with van der Waals surface area (Å²) in [5.74, 6) is 0.548. The molecular weight excluding hydrogens is 332 g/mol. The zero-order valence-electron chi connectivity index (χ0n) is 15.0. The molecule has 2 aromatic heterocycles. The van der Waals surface area contributed by atoms with E-state index in [2.05, 4.69) is 10.1 Å². The van der Waals surface area contributed by atoms with E-state index < -0.39 is 0 Å². The van der Waals surface area contributed by atoms with E-state index in [1.807, 2.05) is 40.7 Å². The lowest BCUT2D eigenvalue weighted by atomic mass is 10.0. The predicted octanol–water partition coefficient (Wildman–Crippen LogP) is 2.67. The van der Waals surface area contributed by atoms with Crippen LogP contribution < -0.4 is 5.69 Å². The van der Waals surface area contributed by atoms with Crippen LogP contribution in [0.4, 0.5) is 0 Å². The third-order valence-electron chi connectivity index (χ3n) is 5.22. The summed E-state index contributed by atoms with van der Waals surface area (Å²) in [4.78, 5) is 30.0. The summed E-state index contributed by atoms with van der Waals surface area (Å²) < 4.78 is 7.03. The van der Waals surface area contributed by atoms with Crippen molar-refractivity contribution in [2.24, 2.45) is 0 Å². The highest BCUT2D eigenvalue weighted by atomic mass is 16.5. The highest BCUT2D eigenvalue weighted by molar-refractivity contribution is 5.96. The average Bonchev–Trinajstić information content (AvgIpc) is 3.20. The number of hydrogen-bond donors (Lipinski definition) is 1. The van der Waals surface area contributed by atoms with Crippen molar-refractivity contribution in [2.45, 2.75) is 39.2 Å². The largest absolute Gasteiger partial charge is 0.361 e. The molecule has 4 rings (SSSR count). The van der Waals surface area contributed by atoms with E-state index in [0.717, 1.165) is 23.9 Å². The maximum Gasteiger partial charge on any atom is 0.326 e. The number of hydrogen-bond acceptors (Lipinski definition) is 4. The van der Waals surface area contributed by atoms with E-state index in [0.29, 0.717) is 36.5 Å². The van der Waals surface area contributed by atoms with Gasteiger partial charge in [-0.05, 0) is 38.3 Å². The van der Waals surface area contributed by atoms with Crippen molar-refractivity contribution < 1.29 is 9.32 Å². The Morgan fingerprint density at radius 1 is 1.31 bits per heavy atom. The minimum Gasteiger partial charge on any atom is -0.361 e. The first-order valence-electron chi connectivity index (χ1n) is 9.03. The van der Waals surface area contributed by atoms with Crippen LogP contribution in [0, 0.1) is 6.92 Å². The van der Waals surface area contributed by atoms with Gasteiger partial charge in [0.05, 0.1) is 16.7 Å². The number of aromatic amines is 1. The Labute approximate surface area is 150 Å². The number of imidazole rings is 1. The second-order valence-electron chi connectivity index (χ2n) is 6.75. The van der Waals surface area contributed by atoms with Gasteiger partial charge in [-0.3, -0.25) is 9.36 Å². The number of amides is 1. The number of carbonyl (C=O) groups is 1. The first kappa shape index (κ1) is 16.6. The summed E-state index contributed by atoms with van der Waals surface area (Å²) >= 11 is 0. The zero-order chi connectivity index (χ0) is 18.3. The predicted molar refractivity (Wildman–Crippen MR) is 97.4 cm³/mol. The van der Waals surface area contributed by atoms with Crippen LogP contribution in [0.3, 0.4) is 0 Å². The van der Waals surface area contributed by atoms with Crippen molar-refractivity contribution in [2.75, 3.05) is 13.1 Å². The van der Waals surface area contributed by atoms with Gasteiger partial charge in [0.2, 0.25) is 0 Å². The standard InChI is InChI=1S/C19H22N4O3/c1-3-14-17(12(2)26-21-14)18(24)22-10-8-13(9-11-22)23-16-7-5-4-6-15(16)20-19(23)25/h4-7,13H,3,8-11H2,1-2H3,(H,20,25). The van der Waals surface area contributed by atoms with Crippen LogP contribution in [-0.4, -0.2) is 38.6 Å². The summed E-state index contributed by atoms with van der Waals surface area (Å²) in [6.45, 7) is 4.97. The van der Waals surface area contributed by atoms with Gasteiger partial charge in [-0.2, -0.15) is 0 Å². The SMILES string of the molecule is CCc1noc(C)c1C(=O)N1CCC(n2c(=O)[nH]c3ccccc32)CC1. The molecule has 3 heterocycles. The van der Waals surface area contributed by atoms with Crippen LogP contribution in [0.25, 0.3) is 11.0 Å². The van der Waals surface area contributed by atoms with Gasteiger partial charge in [0.1, 0.15) is 11.3 Å². The molecule has 1 fully saturated rings. The quantitative estimate of drug-likeness (QED) is 0.784. The molecule has 0 atom stereocenters. The number of nitrogens with one attached hydrogen (secondary N) is 1. The lowest BCUT2D eigenvalue weighted by molar-refractivity contribution is 0.0692. The van der Waals surface area contributed by atoms with Gasteiger partial charge in [-0.1, -0.05) is 24.2 Å². The number of aromatic nitrogens is 3. The van der Waals surface area contributed by atoms with Crippen molar-refractivity contribution in [3.8, 4) is 0 Å². The van der Waals surface area contributed by atoms with Crippen molar-refractivity contribution in [3.05, 3.63) is 51.8 Å². The van der Waals surface area contributed by atoms with Crippen LogP contribution in [0.2, 0.25) is 0 Å². The van der Waals surface area contributed by atoms with Gasteiger partial charge in [0, 0.05) is 19.1 Å². The molecule has 1 amide bonds. The molecule has 1 saturated heterocycles. The fraction of sp³-hybridized carbons (Fsp3) is 0.421. The molecule has 1 aromatic carbocycles. The van der Waals surface area contributed by atoms with Gasteiger partial charge in [-0.15, -0.1) is 0 Å². The summed E-state index contributed by atoms with van der Waals surface area (Å²) in [5, 5.41) is 3.98. The Hall–Kier alpha value is -2.83. The molecule has 26 heavy (non-hydrogen) atoms. The Balaban J connectivity index is 1.54. The lowest BCUT2D eigenvalue weighted by Gasteiger charge is -2.32. The number of piperidine rings is 1. The minimum absolute atomic E-state index is 0.0228. The summed E-state index contributed by atoms with van der Waals surface area (Å²) in [5.41, 5.74) is 2.99. The summed E-state index contributed by atoms with van der Waals surface area (Å²) in [6.07, 6.45) is 2.16. The fourth-order valence-electron chi connectivity index (χ4n) is 3.86. The van der Waals surface area contributed by atoms with E-state index in [9.17, 15) is 9.59 Å². The molecule has 0 radical (unpaired) electrons. The molecule has 136 valence electrons. The Kier molecular flexibility index (Phi) is 4.14. The normalized spacial score (nSPS) is 15.7. The summed E-state index contributed by atoms with van der Waals surface area (Å²) in [7, 11) is 0. The molecule has 7 heteroatoms. The second kappa shape index (κ2) is 6.48. The van der Waals surface area contributed by atoms with Crippen molar-refractivity contribution in [3.63, 3.8) is 0 Å². The number of H-pyrrole nitrogens is 1. The molecule has 0 unspecified atom stereocenters. The van der Waals surface area contributed by atoms with E-state index in [-0.39, 0.29) is 17.6 Å². The van der Waals surface area contributed by atoms with Gasteiger partial charge < -0.3 is 14.4 Å². The van der Waals surface area contributed by atoms with E-state index in [1.54, 1.807) is 6.92 Å². The zero-order valence-corrected chi connectivity index (χ0v) is 15.0. The number of benzene rings is 1. The lowest BCUT2D eigenvalue weighted by Crippen LogP contribution is -2.40. The van der Waals surface area contributed by atoms with Crippen LogP contribution in [-0.2, 0) is 6.42 Å². The van der Waals surface area contributed by atoms with Gasteiger partial charge in [0.15, 0.2) is 0 Å². The second-order valence-corrected chi connectivity index (χ2v) is 6.75. The van der Waals surface area contributed by atoms with Crippen molar-refractivity contribution >= 4 is 16.9 Å². The third kappa shape index (κ3) is 2.64. The molecule has 7 nitrogen and oxygen atoms in total. The molecule has 0 aliphatic carbocycles. The molecule has 0 bridgehead atoms. The topological polar surface area (TPSA) is 84.1 Å². The van der Waals surface area contributed by atoms with E-state index >= 15 is 0 Å². The number of aryl methyl sites for hydroxylation is 2. The van der Waals surface area contributed by atoms with Crippen LogP contribution in [0.5, 0.6) is 0 Å². The molecule has 3 aromatic rings. The first-order chi connectivity index (χ1) is 12.6. The van der Waals surface area contributed by atoms with Crippen LogP contribution >= 0.6 is 0 Å². The number of nitrogens with zero attached hydrogens (tertiary/aromatic N) is 3. The van der Waals surface area contributed by atoms with Crippen LogP contribution in [0.15, 0.2) is 33.6 Å². The molecule has 0 saturated carbocycles. The number of fused-ring (bicyclic) bond motifs is 1. The van der Waals surface area contributed by atoms with E-state index in [1.165, 1.54) is 0 Å². The highest BCUT2D eigenvalue weighted by Crippen LogP contribution is 2.26. The maximum absolute atomic E-state index is 12.9. The molecular formula is C19H22N4O3. The highest BCUT2D eigenvalue weighted by Gasteiger charge is 2.29. The number of likely N-dealkylation sites (tertiary alicyclic amines) is 1. The minimum atomic E-state index is -0.0841.